The summed E-state index contributed by atoms with van der Waals surface area (Å²) in [5.74, 6) is -0.414. The molecule has 0 bridgehead atoms. The van der Waals surface area contributed by atoms with E-state index >= 15 is 0 Å². The van der Waals surface area contributed by atoms with Crippen LogP contribution in [0.25, 0.3) is 0 Å². The van der Waals surface area contributed by atoms with Crippen LogP contribution in [-0.2, 0) is 10.0 Å². The number of sulfonamides is 1. The second kappa shape index (κ2) is 6.24. The summed E-state index contributed by atoms with van der Waals surface area (Å²) in [6, 6.07) is 11.9. The first kappa shape index (κ1) is 15.5. The molecule has 0 aromatic heterocycles. The molecule has 2 rings (SSSR count). The van der Waals surface area contributed by atoms with Crippen molar-refractivity contribution in [2.75, 3.05) is 11.8 Å². The van der Waals surface area contributed by atoms with Crippen LogP contribution in [0.2, 0.25) is 0 Å². The van der Waals surface area contributed by atoms with Crippen LogP contribution in [0.15, 0.2) is 53.4 Å². The zero-order valence-electron chi connectivity index (χ0n) is 11.8. The molecular formula is C15H17FN2O2S. The molecule has 0 spiro atoms. The van der Waals surface area contributed by atoms with Crippen LogP contribution < -0.4 is 10.0 Å². The fourth-order valence-electron chi connectivity index (χ4n) is 1.85. The van der Waals surface area contributed by atoms with Crippen molar-refractivity contribution in [1.82, 2.24) is 5.32 Å². The van der Waals surface area contributed by atoms with Gasteiger partial charge in [0, 0.05) is 11.7 Å². The number of rotatable bonds is 5. The van der Waals surface area contributed by atoms with E-state index in [0.717, 1.165) is 5.56 Å². The molecule has 0 saturated heterocycles. The quantitative estimate of drug-likeness (QED) is 0.893. The molecule has 0 aliphatic rings. The zero-order chi connectivity index (χ0) is 15.5. The van der Waals surface area contributed by atoms with Gasteiger partial charge in [0.2, 0.25) is 0 Å². The van der Waals surface area contributed by atoms with Gasteiger partial charge in [-0.15, -0.1) is 0 Å². The molecule has 0 saturated carbocycles. The van der Waals surface area contributed by atoms with Gasteiger partial charge in [-0.3, -0.25) is 4.72 Å². The van der Waals surface area contributed by atoms with E-state index in [4.69, 9.17) is 0 Å². The Balaban J connectivity index is 2.29. The monoisotopic (exact) mass is 308 g/mol. The largest absolute Gasteiger partial charge is 0.313 e. The van der Waals surface area contributed by atoms with Gasteiger partial charge in [0.05, 0.1) is 4.90 Å². The lowest BCUT2D eigenvalue weighted by Crippen LogP contribution is -2.15. The Labute approximate surface area is 124 Å². The predicted molar refractivity (Wildman–Crippen MR) is 81.1 cm³/mol. The first-order valence-electron chi connectivity index (χ1n) is 6.48. The van der Waals surface area contributed by atoms with Crippen LogP contribution in [0.4, 0.5) is 10.1 Å². The molecule has 2 aromatic rings. The second-order valence-electron chi connectivity index (χ2n) is 4.70. The summed E-state index contributed by atoms with van der Waals surface area (Å²) in [6.45, 7) is 1.94. The van der Waals surface area contributed by atoms with Crippen molar-refractivity contribution in [1.29, 1.82) is 0 Å². The fourth-order valence-corrected chi connectivity index (χ4v) is 2.96. The summed E-state index contributed by atoms with van der Waals surface area (Å²) >= 11 is 0. The second-order valence-corrected chi connectivity index (χ2v) is 6.38. The van der Waals surface area contributed by atoms with Crippen molar-refractivity contribution in [3.63, 3.8) is 0 Å². The van der Waals surface area contributed by atoms with Crippen molar-refractivity contribution in [2.45, 2.75) is 17.9 Å². The van der Waals surface area contributed by atoms with Gasteiger partial charge in [-0.1, -0.05) is 12.1 Å². The van der Waals surface area contributed by atoms with Gasteiger partial charge >= 0.3 is 0 Å². The van der Waals surface area contributed by atoms with Crippen LogP contribution in [0.1, 0.15) is 18.5 Å². The summed E-state index contributed by atoms with van der Waals surface area (Å²) in [7, 11) is -1.88. The lowest BCUT2D eigenvalue weighted by Gasteiger charge is -2.13. The standard InChI is InChI=1S/C15H17FN2O2S/c1-11(17-2)12-4-3-5-15(10-12)21(19,20)18-14-8-6-13(16)7-9-14/h3-11,17-18H,1-2H3. The Morgan fingerprint density at radius 2 is 1.76 bits per heavy atom. The minimum Gasteiger partial charge on any atom is -0.313 e. The Morgan fingerprint density at radius 1 is 1.10 bits per heavy atom. The van der Waals surface area contributed by atoms with E-state index in [0.29, 0.717) is 5.69 Å². The molecule has 21 heavy (non-hydrogen) atoms. The SMILES string of the molecule is CNC(C)c1cccc(S(=O)(=O)Nc2ccc(F)cc2)c1. The Hall–Kier alpha value is -1.92. The molecule has 4 nitrogen and oxygen atoms in total. The third kappa shape index (κ3) is 3.80. The highest BCUT2D eigenvalue weighted by atomic mass is 32.2. The van der Waals surface area contributed by atoms with Crippen LogP contribution >= 0.6 is 0 Å². The van der Waals surface area contributed by atoms with Crippen molar-refractivity contribution in [3.05, 3.63) is 59.9 Å². The number of nitrogens with one attached hydrogen (secondary N) is 2. The maximum absolute atomic E-state index is 12.8. The van der Waals surface area contributed by atoms with E-state index < -0.39 is 15.8 Å². The summed E-state index contributed by atoms with van der Waals surface area (Å²) in [6.07, 6.45) is 0. The number of hydrogen-bond acceptors (Lipinski definition) is 3. The van der Waals surface area contributed by atoms with Crippen molar-refractivity contribution in [3.8, 4) is 0 Å². The molecule has 1 unspecified atom stereocenters. The van der Waals surface area contributed by atoms with Crippen molar-refractivity contribution < 1.29 is 12.8 Å². The van der Waals surface area contributed by atoms with Gasteiger partial charge in [-0.25, -0.2) is 12.8 Å². The molecule has 1 atom stereocenters. The molecule has 0 amide bonds. The molecule has 0 aliphatic heterocycles. The maximum Gasteiger partial charge on any atom is 0.261 e. The molecule has 2 N–H and O–H groups in total. The average Bonchev–Trinajstić information content (AvgIpc) is 2.49. The van der Waals surface area contributed by atoms with E-state index in [2.05, 4.69) is 10.0 Å². The fraction of sp³-hybridized carbons (Fsp3) is 0.200. The first-order chi connectivity index (χ1) is 9.92. The number of halogens is 1. The molecule has 0 heterocycles. The van der Waals surface area contributed by atoms with Crippen LogP contribution in [0, 0.1) is 5.82 Å². The van der Waals surface area contributed by atoms with E-state index in [1.54, 1.807) is 12.1 Å². The van der Waals surface area contributed by atoms with Crippen LogP contribution in [0.3, 0.4) is 0 Å². The topological polar surface area (TPSA) is 58.2 Å². The Morgan fingerprint density at radius 3 is 2.38 bits per heavy atom. The summed E-state index contributed by atoms with van der Waals surface area (Å²) in [5.41, 5.74) is 1.20. The lowest BCUT2D eigenvalue weighted by molar-refractivity contribution is 0.600. The van der Waals surface area contributed by atoms with Gasteiger partial charge in [-0.05, 0) is 55.9 Å². The highest BCUT2D eigenvalue weighted by Crippen LogP contribution is 2.20. The summed E-state index contributed by atoms with van der Waals surface area (Å²) in [5, 5.41) is 3.06. The third-order valence-electron chi connectivity index (χ3n) is 3.20. The Bertz CT molecular complexity index is 715. The van der Waals surface area contributed by atoms with Gasteiger partial charge < -0.3 is 5.32 Å². The summed E-state index contributed by atoms with van der Waals surface area (Å²) in [4.78, 5) is 0.173. The number of anilines is 1. The predicted octanol–water partition coefficient (Wildman–Crippen LogP) is 2.91. The number of hydrogen-bond donors (Lipinski definition) is 2. The molecule has 2 aromatic carbocycles. The average molecular weight is 308 g/mol. The highest BCUT2D eigenvalue weighted by Gasteiger charge is 2.15. The molecule has 6 heteroatoms. The lowest BCUT2D eigenvalue weighted by atomic mass is 10.1. The van der Waals surface area contributed by atoms with Gasteiger partial charge in [0.15, 0.2) is 0 Å². The van der Waals surface area contributed by atoms with Crippen LogP contribution in [-0.4, -0.2) is 15.5 Å². The minimum atomic E-state index is -3.69. The molecule has 0 radical (unpaired) electrons. The molecule has 0 aliphatic carbocycles. The summed E-state index contributed by atoms with van der Waals surface area (Å²) < 4.78 is 39.9. The van der Waals surface area contributed by atoms with E-state index in [-0.39, 0.29) is 10.9 Å². The Kier molecular flexibility index (Phi) is 4.59. The highest BCUT2D eigenvalue weighted by molar-refractivity contribution is 7.92. The normalized spacial score (nSPS) is 12.9. The smallest absolute Gasteiger partial charge is 0.261 e. The zero-order valence-corrected chi connectivity index (χ0v) is 12.6. The molecular weight excluding hydrogens is 291 g/mol. The third-order valence-corrected chi connectivity index (χ3v) is 4.58. The van der Waals surface area contributed by atoms with Gasteiger partial charge in [0.1, 0.15) is 5.82 Å². The maximum atomic E-state index is 12.8. The molecule has 112 valence electrons. The van der Waals surface area contributed by atoms with E-state index in [9.17, 15) is 12.8 Å². The van der Waals surface area contributed by atoms with Crippen molar-refractivity contribution in [2.24, 2.45) is 0 Å². The van der Waals surface area contributed by atoms with Crippen molar-refractivity contribution >= 4 is 15.7 Å². The first-order valence-corrected chi connectivity index (χ1v) is 7.96. The minimum absolute atomic E-state index is 0.0472. The van der Waals surface area contributed by atoms with E-state index in [1.165, 1.54) is 30.3 Å². The van der Waals surface area contributed by atoms with E-state index in [1.807, 2.05) is 20.0 Å². The number of benzene rings is 2. The van der Waals surface area contributed by atoms with Crippen LogP contribution in [0.5, 0.6) is 0 Å². The molecule has 0 fully saturated rings. The van der Waals surface area contributed by atoms with Gasteiger partial charge in [0.25, 0.3) is 10.0 Å². The van der Waals surface area contributed by atoms with Gasteiger partial charge in [-0.2, -0.15) is 0 Å².